The summed E-state index contributed by atoms with van der Waals surface area (Å²) < 4.78 is 5.92. The van der Waals surface area contributed by atoms with Crippen molar-refractivity contribution in [2.45, 2.75) is 51.3 Å². The molecular formula is C20H34N4O2. The number of benzene rings is 1. The molecule has 146 valence electrons. The molecule has 0 aromatic heterocycles. The molecule has 26 heavy (non-hydrogen) atoms. The van der Waals surface area contributed by atoms with Gasteiger partial charge in [0.1, 0.15) is 12.4 Å². The average molecular weight is 363 g/mol. The lowest BCUT2D eigenvalue weighted by Gasteiger charge is -2.27. The van der Waals surface area contributed by atoms with Gasteiger partial charge in [-0.2, -0.15) is 0 Å². The van der Waals surface area contributed by atoms with E-state index in [4.69, 9.17) is 9.73 Å². The quantitative estimate of drug-likeness (QED) is 0.487. The Hall–Kier alpha value is -1.79. The van der Waals surface area contributed by atoms with Crippen LogP contribution < -0.4 is 15.4 Å². The number of para-hydroxylation sites is 1. The van der Waals surface area contributed by atoms with Crippen LogP contribution in [0.25, 0.3) is 0 Å². The maximum atomic E-state index is 9.66. The predicted octanol–water partition coefficient (Wildman–Crippen LogP) is 1.99. The van der Waals surface area contributed by atoms with Gasteiger partial charge in [0.05, 0.1) is 12.6 Å². The molecule has 0 spiro atoms. The van der Waals surface area contributed by atoms with Crippen LogP contribution in [0, 0.1) is 0 Å². The Kier molecular flexibility index (Phi) is 8.71. The van der Waals surface area contributed by atoms with Gasteiger partial charge in [0, 0.05) is 24.7 Å². The standard InChI is InChI=1S/C20H34N4O2/c1-4-21-20(23-17-9-11-18(25)12-10-17)22-15-16-7-5-6-8-19(16)26-14-13-24(2)3/h5-8,17-18,25H,4,9-15H2,1-3H3,(H2,21,22,23). The van der Waals surface area contributed by atoms with E-state index in [0.29, 0.717) is 19.2 Å². The Morgan fingerprint density at radius 1 is 1.23 bits per heavy atom. The second-order valence-electron chi connectivity index (χ2n) is 7.10. The highest BCUT2D eigenvalue weighted by Crippen LogP contribution is 2.20. The van der Waals surface area contributed by atoms with Crippen LogP contribution in [0.3, 0.4) is 0 Å². The van der Waals surface area contributed by atoms with E-state index >= 15 is 0 Å². The van der Waals surface area contributed by atoms with Crippen LogP contribution in [0.15, 0.2) is 29.3 Å². The number of nitrogens with one attached hydrogen (secondary N) is 2. The molecule has 1 aromatic carbocycles. The molecule has 0 unspecified atom stereocenters. The number of likely N-dealkylation sites (N-methyl/N-ethyl adjacent to an activating group) is 1. The van der Waals surface area contributed by atoms with Crippen molar-refractivity contribution in [1.82, 2.24) is 15.5 Å². The largest absolute Gasteiger partial charge is 0.492 e. The monoisotopic (exact) mass is 362 g/mol. The van der Waals surface area contributed by atoms with E-state index in [0.717, 1.165) is 56.0 Å². The van der Waals surface area contributed by atoms with Gasteiger partial charge >= 0.3 is 0 Å². The lowest BCUT2D eigenvalue weighted by atomic mass is 9.93. The van der Waals surface area contributed by atoms with Gasteiger partial charge in [-0.3, -0.25) is 0 Å². The Morgan fingerprint density at radius 2 is 1.96 bits per heavy atom. The van der Waals surface area contributed by atoms with Gasteiger partial charge in [-0.15, -0.1) is 0 Å². The first-order valence-corrected chi connectivity index (χ1v) is 9.66. The smallest absolute Gasteiger partial charge is 0.191 e. The molecule has 0 aliphatic heterocycles. The number of aliphatic imine (C=N–C) groups is 1. The Labute approximate surface area is 157 Å². The Morgan fingerprint density at radius 3 is 2.65 bits per heavy atom. The van der Waals surface area contributed by atoms with Gasteiger partial charge in [0.2, 0.25) is 0 Å². The number of guanidine groups is 1. The third-order valence-corrected chi connectivity index (χ3v) is 4.56. The molecule has 0 heterocycles. The van der Waals surface area contributed by atoms with E-state index < -0.39 is 0 Å². The summed E-state index contributed by atoms with van der Waals surface area (Å²) in [5.74, 6) is 1.73. The third kappa shape index (κ3) is 7.22. The molecule has 6 heteroatoms. The molecule has 0 bridgehead atoms. The number of aliphatic hydroxyl groups excluding tert-OH is 1. The lowest BCUT2D eigenvalue weighted by molar-refractivity contribution is 0.120. The highest BCUT2D eigenvalue weighted by Gasteiger charge is 2.20. The third-order valence-electron chi connectivity index (χ3n) is 4.56. The first-order chi connectivity index (χ1) is 12.6. The number of ether oxygens (including phenoxy) is 1. The van der Waals surface area contributed by atoms with Gasteiger partial charge in [-0.05, 0) is 52.8 Å². The number of aliphatic hydroxyl groups is 1. The van der Waals surface area contributed by atoms with Crippen LogP contribution in [0.5, 0.6) is 5.75 Å². The zero-order valence-corrected chi connectivity index (χ0v) is 16.4. The minimum absolute atomic E-state index is 0.140. The summed E-state index contributed by atoms with van der Waals surface area (Å²) in [6, 6.07) is 8.46. The van der Waals surface area contributed by atoms with Crippen molar-refractivity contribution in [3.8, 4) is 5.75 Å². The predicted molar refractivity (Wildman–Crippen MR) is 107 cm³/mol. The molecule has 0 amide bonds. The molecule has 0 atom stereocenters. The fourth-order valence-corrected chi connectivity index (χ4v) is 3.01. The SMILES string of the molecule is CCNC(=NCc1ccccc1OCCN(C)C)NC1CCC(O)CC1. The Balaban J connectivity index is 1.95. The van der Waals surface area contributed by atoms with E-state index in [1.165, 1.54) is 0 Å². The fraction of sp³-hybridized carbons (Fsp3) is 0.650. The van der Waals surface area contributed by atoms with Gasteiger partial charge in [0.15, 0.2) is 5.96 Å². The average Bonchev–Trinajstić information content (AvgIpc) is 2.62. The van der Waals surface area contributed by atoms with Crippen molar-refractivity contribution >= 4 is 5.96 Å². The van der Waals surface area contributed by atoms with Crippen LogP contribution >= 0.6 is 0 Å². The number of rotatable bonds is 8. The number of nitrogens with zero attached hydrogens (tertiary/aromatic N) is 2. The minimum atomic E-state index is -0.140. The molecule has 1 fully saturated rings. The first-order valence-electron chi connectivity index (χ1n) is 9.66. The maximum Gasteiger partial charge on any atom is 0.191 e. The summed E-state index contributed by atoms with van der Waals surface area (Å²) in [7, 11) is 4.08. The summed E-state index contributed by atoms with van der Waals surface area (Å²) in [6.07, 6.45) is 3.55. The highest BCUT2D eigenvalue weighted by atomic mass is 16.5. The summed E-state index contributed by atoms with van der Waals surface area (Å²) >= 11 is 0. The summed E-state index contributed by atoms with van der Waals surface area (Å²) in [6.45, 7) is 5.01. The molecule has 0 radical (unpaired) electrons. The van der Waals surface area contributed by atoms with Crippen LogP contribution in [0.4, 0.5) is 0 Å². The number of hydrogen-bond acceptors (Lipinski definition) is 4. The normalized spacial score (nSPS) is 20.9. The fourth-order valence-electron chi connectivity index (χ4n) is 3.01. The van der Waals surface area contributed by atoms with E-state index in [-0.39, 0.29) is 6.10 Å². The second kappa shape index (κ2) is 11.0. The maximum absolute atomic E-state index is 9.66. The van der Waals surface area contributed by atoms with Crippen LogP contribution in [0.2, 0.25) is 0 Å². The molecule has 0 saturated heterocycles. The lowest BCUT2D eigenvalue weighted by Crippen LogP contribution is -2.45. The molecule has 1 saturated carbocycles. The van der Waals surface area contributed by atoms with E-state index in [9.17, 15) is 5.11 Å². The zero-order chi connectivity index (χ0) is 18.8. The molecular weight excluding hydrogens is 328 g/mol. The summed E-state index contributed by atoms with van der Waals surface area (Å²) in [5, 5.41) is 16.5. The Bertz CT molecular complexity index is 554. The first kappa shape index (κ1) is 20.5. The molecule has 1 aliphatic rings. The van der Waals surface area contributed by atoms with Gasteiger partial charge in [0.25, 0.3) is 0 Å². The summed E-state index contributed by atoms with van der Waals surface area (Å²) in [5.41, 5.74) is 1.09. The van der Waals surface area contributed by atoms with Crippen molar-refractivity contribution in [2.24, 2.45) is 4.99 Å². The van der Waals surface area contributed by atoms with E-state index in [2.05, 4.69) is 28.5 Å². The second-order valence-corrected chi connectivity index (χ2v) is 7.10. The van der Waals surface area contributed by atoms with Crippen molar-refractivity contribution in [3.05, 3.63) is 29.8 Å². The molecule has 1 aliphatic carbocycles. The van der Waals surface area contributed by atoms with Crippen LogP contribution in [-0.2, 0) is 6.54 Å². The molecule has 1 aromatic rings. The van der Waals surface area contributed by atoms with Gasteiger partial charge in [-0.1, -0.05) is 18.2 Å². The van der Waals surface area contributed by atoms with Crippen molar-refractivity contribution in [2.75, 3.05) is 33.8 Å². The molecule has 3 N–H and O–H groups in total. The zero-order valence-electron chi connectivity index (χ0n) is 16.4. The minimum Gasteiger partial charge on any atom is -0.492 e. The number of hydrogen-bond donors (Lipinski definition) is 3. The van der Waals surface area contributed by atoms with Crippen molar-refractivity contribution < 1.29 is 9.84 Å². The van der Waals surface area contributed by atoms with E-state index in [1.807, 2.05) is 32.3 Å². The molecule has 6 nitrogen and oxygen atoms in total. The van der Waals surface area contributed by atoms with E-state index in [1.54, 1.807) is 0 Å². The van der Waals surface area contributed by atoms with Gasteiger partial charge < -0.3 is 25.4 Å². The highest BCUT2D eigenvalue weighted by molar-refractivity contribution is 5.80. The van der Waals surface area contributed by atoms with Crippen molar-refractivity contribution in [3.63, 3.8) is 0 Å². The van der Waals surface area contributed by atoms with Crippen molar-refractivity contribution in [1.29, 1.82) is 0 Å². The topological polar surface area (TPSA) is 69.1 Å². The van der Waals surface area contributed by atoms with Crippen LogP contribution in [0.1, 0.15) is 38.2 Å². The van der Waals surface area contributed by atoms with Gasteiger partial charge in [-0.25, -0.2) is 4.99 Å². The molecule has 2 rings (SSSR count). The summed E-state index contributed by atoms with van der Waals surface area (Å²) in [4.78, 5) is 6.85. The van der Waals surface area contributed by atoms with Crippen LogP contribution in [-0.4, -0.2) is 61.9 Å².